The standard InChI is InChI=1S/C15H22N2O/c1-11-10-16-8-7-15(11,3)13-5-4-6-14(9-13)17-12(2)18/h4-6,9,11,16H,7-8,10H2,1-3H3,(H,17,18). The largest absolute Gasteiger partial charge is 0.326 e. The quantitative estimate of drug-likeness (QED) is 0.842. The lowest BCUT2D eigenvalue weighted by atomic mass is 9.68. The maximum Gasteiger partial charge on any atom is 0.221 e. The van der Waals surface area contributed by atoms with Gasteiger partial charge in [0.1, 0.15) is 0 Å². The minimum Gasteiger partial charge on any atom is -0.326 e. The van der Waals surface area contributed by atoms with Gasteiger partial charge in [-0.25, -0.2) is 0 Å². The summed E-state index contributed by atoms with van der Waals surface area (Å²) in [5.41, 5.74) is 2.41. The third-order valence-electron chi connectivity index (χ3n) is 4.20. The molecule has 1 fully saturated rings. The van der Waals surface area contributed by atoms with Crippen molar-refractivity contribution in [3.8, 4) is 0 Å². The van der Waals surface area contributed by atoms with Crippen LogP contribution in [0.3, 0.4) is 0 Å². The summed E-state index contributed by atoms with van der Waals surface area (Å²) in [6, 6.07) is 8.26. The minimum absolute atomic E-state index is 0.0179. The van der Waals surface area contributed by atoms with E-state index in [0.29, 0.717) is 5.92 Å². The Kier molecular flexibility index (Phi) is 3.71. The molecule has 0 aromatic heterocycles. The Bertz CT molecular complexity index is 444. The van der Waals surface area contributed by atoms with Crippen molar-refractivity contribution in [2.45, 2.75) is 32.6 Å². The number of benzene rings is 1. The molecular weight excluding hydrogens is 224 g/mol. The topological polar surface area (TPSA) is 41.1 Å². The average molecular weight is 246 g/mol. The van der Waals surface area contributed by atoms with Crippen molar-refractivity contribution in [3.05, 3.63) is 29.8 Å². The molecule has 1 aromatic rings. The normalized spacial score (nSPS) is 27.8. The summed E-state index contributed by atoms with van der Waals surface area (Å²) in [5, 5.41) is 6.30. The Labute approximate surface area is 109 Å². The van der Waals surface area contributed by atoms with Crippen molar-refractivity contribution in [1.82, 2.24) is 5.32 Å². The first-order chi connectivity index (χ1) is 8.52. The van der Waals surface area contributed by atoms with E-state index < -0.39 is 0 Å². The predicted octanol–water partition coefficient (Wildman–Crippen LogP) is 2.53. The number of nitrogens with one attached hydrogen (secondary N) is 2. The van der Waals surface area contributed by atoms with E-state index in [9.17, 15) is 4.79 Å². The van der Waals surface area contributed by atoms with E-state index in [1.54, 1.807) is 6.92 Å². The summed E-state index contributed by atoms with van der Waals surface area (Å²) in [6.45, 7) is 8.27. The van der Waals surface area contributed by atoms with Crippen LogP contribution in [0.4, 0.5) is 5.69 Å². The molecule has 1 aliphatic rings. The van der Waals surface area contributed by atoms with Gasteiger partial charge < -0.3 is 10.6 Å². The maximum absolute atomic E-state index is 11.1. The molecule has 0 radical (unpaired) electrons. The van der Waals surface area contributed by atoms with Crippen molar-refractivity contribution in [3.63, 3.8) is 0 Å². The second-order valence-corrected chi connectivity index (χ2v) is 5.53. The van der Waals surface area contributed by atoms with Gasteiger partial charge in [-0.1, -0.05) is 26.0 Å². The molecule has 0 bridgehead atoms. The van der Waals surface area contributed by atoms with Crippen LogP contribution < -0.4 is 10.6 Å². The molecule has 18 heavy (non-hydrogen) atoms. The molecule has 0 saturated carbocycles. The highest BCUT2D eigenvalue weighted by molar-refractivity contribution is 5.88. The summed E-state index contributed by atoms with van der Waals surface area (Å²) in [5.74, 6) is 0.578. The van der Waals surface area contributed by atoms with Gasteiger partial charge in [0.15, 0.2) is 0 Å². The van der Waals surface area contributed by atoms with Gasteiger partial charge in [-0.3, -0.25) is 4.79 Å². The molecule has 2 atom stereocenters. The zero-order chi connectivity index (χ0) is 13.2. The minimum atomic E-state index is -0.0179. The highest BCUT2D eigenvalue weighted by Gasteiger charge is 2.35. The number of rotatable bonds is 2. The van der Waals surface area contributed by atoms with Gasteiger partial charge in [0.25, 0.3) is 0 Å². The summed E-state index contributed by atoms with van der Waals surface area (Å²) >= 11 is 0. The van der Waals surface area contributed by atoms with Crippen LogP contribution in [0.5, 0.6) is 0 Å². The van der Waals surface area contributed by atoms with Gasteiger partial charge in [0.2, 0.25) is 5.91 Å². The number of hydrogen-bond donors (Lipinski definition) is 2. The van der Waals surface area contributed by atoms with Crippen molar-refractivity contribution >= 4 is 11.6 Å². The molecule has 0 spiro atoms. The average Bonchev–Trinajstić information content (AvgIpc) is 2.32. The zero-order valence-corrected chi connectivity index (χ0v) is 11.4. The van der Waals surface area contributed by atoms with Gasteiger partial charge in [-0.2, -0.15) is 0 Å². The van der Waals surface area contributed by atoms with Crippen LogP contribution >= 0.6 is 0 Å². The van der Waals surface area contributed by atoms with E-state index in [1.807, 2.05) is 12.1 Å². The first kappa shape index (κ1) is 13.1. The van der Waals surface area contributed by atoms with Gasteiger partial charge in [-0.05, 0) is 48.5 Å². The molecule has 98 valence electrons. The Hall–Kier alpha value is -1.35. The van der Waals surface area contributed by atoms with E-state index in [4.69, 9.17) is 0 Å². The van der Waals surface area contributed by atoms with Crippen LogP contribution in [0.15, 0.2) is 24.3 Å². The Morgan fingerprint density at radius 1 is 1.50 bits per heavy atom. The lowest BCUT2D eigenvalue weighted by Gasteiger charge is -2.40. The van der Waals surface area contributed by atoms with Gasteiger partial charge in [-0.15, -0.1) is 0 Å². The Balaban J connectivity index is 2.29. The lowest BCUT2D eigenvalue weighted by Crippen LogP contribution is -2.44. The summed E-state index contributed by atoms with van der Waals surface area (Å²) in [7, 11) is 0. The summed E-state index contributed by atoms with van der Waals surface area (Å²) in [6.07, 6.45) is 1.14. The molecule has 1 amide bonds. The molecule has 0 aliphatic carbocycles. The fourth-order valence-corrected chi connectivity index (χ4v) is 2.72. The van der Waals surface area contributed by atoms with Crippen LogP contribution in [-0.2, 0) is 10.2 Å². The Morgan fingerprint density at radius 2 is 2.28 bits per heavy atom. The molecular formula is C15H22N2O. The number of piperidine rings is 1. The molecule has 1 heterocycles. The smallest absolute Gasteiger partial charge is 0.221 e. The number of carbonyl (C=O) groups excluding carboxylic acids is 1. The monoisotopic (exact) mass is 246 g/mol. The molecule has 3 nitrogen and oxygen atoms in total. The SMILES string of the molecule is CC(=O)Nc1cccc(C2(C)CCNCC2C)c1. The van der Waals surface area contributed by atoms with Gasteiger partial charge in [0.05, 0.1) is 0 Å². The van der Waals surface area contributed by atoms with Crippen molar-refractivity contribution < 1.29 is 4.79 Å². The first-order valence-electron chi connectivity index (χ1n) is 6.61. The lowest BCUT2D eigenvalue weighted by molar-refractivity contribution is -0.114. The number of anilines is 1. The highest BCUT2D eigenvalue weighted by Crippen LogP contribution is 2.37. The van der Waals surface area contributed by atoms with E-state index in [0.717, 1.165) is 25.2 Å². The highest BCUT2D eigenvalue weighted by atomic mass is 16.1. The fraction of sp³-hybridized carbons (Fsp3) is 0.533. The zero-order valence-electron chi connectivity index (χ0n) is 11.4. The van der Waals surface area contributed by atoms with Crippen LogP contribution in [0.1, 0.15) is 32.8 Å². The third kappa shape index (κ3) is 2.56. The summed E-state index contributed by atoms with van der Waals surface area (Å²) in [4.78, 5) is 11.1. The fourth-order valence-electron chi connectivity index (χ4n) is 2.72. The molecule has 1 aliphatic heterocycles. The second-order valence-electron chi connectivity index (χ2n) is 5.53. The van der Waals surface area contributed by atoms with Crippen LogP contribution in [-0.4, -0.2) is 19.0 Å². The maximum atomic E-state index is 11.1. The Morgan fingerprint density at radius 3 is 2.94 bits per heavy atom. The van der Waals surface area contributed by atoms with Crippen LogP contribution in [0.2, 0.25) is 0 Å². The number of amides is 1. The van der Waals surface area contributed by atoms with E-state index in [1.165, 1.54) is 5.56 Å². The predicted molar refractivity (Wildman–Crippen MR) is 74.7 cm³/mol. The van der Waals surface area contributed by atoms with Gasteiger partial charge in [0, 0.05) is 12.6 Å². The van der Waals surface area contributed by atoms with E-state index in [-0.39, 0.29) is 11.3 Å². The molecule has 3 heteroatoms. The van der Waals surface area contributed by atoms with Crippen molar-refractivity contribution in [1.29, 1.82) is 0 Å². The van der Waals surface area contributed by atoms with Crippen LogP contribution in [0, 0.1) is 5.92 Å². The second kappa shape index (κ2) is 5.11. The molecule has 2 rings (SSSR count). The van der Waals surface area contributed by atoms with Crippen molar-refractivity contribution in [2.75, 3.05) is 18.4 Å². The molecule has 2 N–H and O–H groups in total. The molecule has 1 saturated heterocycles. The van der Waals surface area contributed by atoms with Crippen LogP contribution in [0.25, 0.3) is 0 Å². The molecule has 2 unspecified atom stereocenters. The third-order valence-corrected chi connectivity index (χ3v) is 4.20. The van der Waals surface area contributed by atoms with Gasteiger partial charge >= 0.3 is 0 Å². The number of hydrogen-bond acceptors (Lipinski definition) is 2. The first-order valence-corrected chi connectivity index (χ1v) is 6.61. The van der Waals surface area contributed by atoms with E-state index >= 15 is 0 Å². The van der Waals surface area contributed by atoms with Crippen molar-refractivity contribution in [2.24, 2.45) is 5.92 Å². The van der Waals surface area contributed by atoms with E-state index in [2.05, 4.69) is 36.6 Å². The molecule has 1 aromatic carbocycles. The summed E-state index contributed by atoms with van der Waals surface area (Å²) < 4.78 is 0. The number of carbonyl (C=O) groups is 1.